The highest BCUT2D eigenvalue weighted by Gasteiger charge is 2.34. The van der Waals surface area contributed by atoms with E-state index in [1.807, 2.05) is 30.3 Å². The number of nitrogens with one attached hydrogen (secondary N) is 2. The van der Waals surface area contributed by atoms with Crippen LogP contribution in [0.25, 0.3) is 0 Å². The highest BCUT2D eigenvalue weighted by Crippen LogP contribution is 2.18. The monoisotopic (exact) mass is 373 g/mol. The number of hydrogen-bond acceptors (Lipinski definition) is 4. The van der Waals surface area contributed by atoms with E-state index >= 15 is 0 Å². The summed E-state index contributed by atoms with van der Waals surface area (Å²) in [4.78, 5) is 38.6. The molecule has 0 aliphatic carbocycles. The van der Waals surface area contributed by atoms with Crippen molar-refractivity contribution in [2.24, 2.45) is 0 Å². The van der Waals surface area contributed by atoms with E-state index in [-0.39, 0.29) is 17.9 Å². The molecule has 0 aromatic heterocycles. The Morgan fingerprint density at radius 3 is 2.63 bits per heavy atom. The second kappa shape index (κ2) is 10.8. The number of aldehydes is 1. The van der Waals surface area contributed by atoms with Crippen LogP contribution in [0.1, 0.15) is 44.6 Å². The Morgan fingerprint density at radius 2 is 2.00 bits per heavy atom. The summed E-state index contributed by atoms with van der Waals surface area (Å²) in [6.07, 6.45) is 5.31. The van der Waals surface area contributed by atoms with Gasteiger partial charge in [0.2, 0.25) is 11.8 Å². The third kappa shape index (κ3) is 5.89. The molecule has 1 fully saturated rings. The minimum atomic E-state index is -0.579. The summed E-state index contributed by atoms with van der Waals surface area (Å²) in [5.74, 6) is -0.321. The van der Waals surface area contributed by atoms with Crippen molar-refractivity contribution >= 4 is 18.1 Å². The van der Waals surface area contributed by atoms with Gasteiger partial charge in [0.15, 0.2) is 0 Å². The number of unbranched alkanes of at least 4 members (excludes halogenated alkanes) is 1. The van der Waals surface area contributed by atoms with Crippen LogP contribution in [0.3, 0.4) is 0 Å². The van der Waals surface area contributed by atoms with Gasteiger partial charge in [0.25, 0.3) is 0 Å². The lowest BCUT2D eigenvalue weighted by atomic mass is 10.0. The molecule has 1 aromatic carbocycles. The van der Waals surface area contributed by atoms with Crippen LogP contribution in [0.5, 0.6) is 0 Å². The number of rotatable bonds is 10. The Balaban J connectivity index is 2.05. The Bertz CT molecular complexity index is 620. The van der Waals surface area contributed by atoms with Crippen LogP contribution in [0.15, 0.2) is 30.3 Å². The third-order valence-electron chi connectivity index (χ3n) is 5.15. The lowest BCUT2D eigenvalue weighted by molar-refractivity contribution is -0.139. The van der Waals surface area contributed by atoms with Crippen molar-refractivity contribution in [3.8, 4) is 0 Å². The average molecular weight is 373 g/mol. The van der Waals surface area contributed by atoms with Crippen molar-refractivity contribution in [3.63, 3.8) is 0 Å². The Kier molecular flexibility index (Phi) is 8.45. The number of nitrogens with zero attached hydrogens (tertiary/aromatic N) is 1. The van der Waals surface area contributed by atoms with E-state index in [0.717, 1.165) is 31.1 Å². The van der Waals surface area contributed by atoms with E-state index in [1.54, 1.807) is 11.9 Å². The maximum absolute atomic E-state index is 13.0. The number of carbonyl (C=O) groups excluding carboxylic acids is 3. The largest absolute Gasteiger partial charge is 0.343 e. The van der Waals surface area contributed by atoms with Gasteiger partial charge in [-0.25, -0.2) is 0 Å². The molecule has 2 N–H and O–H groups in total. The number of likely N-dealkylation sites (tertiary alicyclic amines) is 1. The summed E-state index contributed by atoms with van der Waals surface area (Å²) >= 11 is 0. The molecule has 0 unspecified atom stereocenters. The van der Waals surface area contributed by atoms with Crippen molar-refractivity contribution < 1.29 is 14.4 Å². The Hall–Kier alpha value is -2.21. The quantitative estimate of drug-likeness (QED) is 0.612. The highest BCUT2D eigenvalue weighted by atomic mass is 16.2. The maximum atomic E-state index is 13.0. The summed E-state index contributed by atoms with van der Waals surface area (Å²) in [6.45, 7) is 2.64. The normalized spacial score (nSPS) is 18.7. The molecular formula is C21H31N3O3. The van der Waals surface area contributed by atoms with Crippen LogP contribution in [0, 0.1) is 0 Å². The molecular weight excluding hydrogens is 342 g/mol. The van der Waals surface area contributed by atoms with Crippen molar-refractivity contribution in [3.05, 3.63) is 35.9 Å². The molecule has 6 nitrogen and oxygen atoms in total. The molecule has 3 atom stereocenters. The van der Waals surface area contributed by atoms with E-state index in [2.05, 4.69) is 17.6 Å². The standard InChI is InChI=1S/C21H31N3O3/c1-3-4-12-18(21(27)24-13-8-11-17(24)15-25)23-20(26)19(22-2)14-16-9-6-5-7-10-16/h5-7,9-10,15,17-19,22H,3-4,8,11-14H2,1-2H3,(H,23,26)/t17-,18-,19-/m0/s1. The van der Waals surface area contributed by atoms with E-state index in [4.69, 9.17) is 0 Å². The van der Waals surface area contributed by atoms with Crippen molar-refractivity contribution in [2.75, 3.05) is 13.6 Å². The fourth-order valence-electron chi connectivity index (χ4n) is 3.52. The molecule has 0 radical (unpaired) electrons. The first-order chi connectivity index (χ1) is 13.1. The van der Waals surface area contributed by atoms with E-state index < -0.39 is 12.1 Å². The number of amides is 2. The first-order valence-electron chi connectivity index (χ1n) is 9.88. The molecule has 1 aliphatic heterocycles. The summed E-state index contributed by atoms with van der Waals surface area (Å²) < 4.78 is 0. The molecule has 1 heterocycles. The zero-order chi connectivity index (χ0) is 19.6. The van der Waals surface area contributed by atoms with E-state index in [1.165, 1.54) is 0 Å². The van der Waals surface area contributed by atoms with Crippen molar-refractivity contribution in [2.45, 2.75) is 63.6 Å². The van der Waals surface area contributed by atoms with Gasteiger partial charge in [-0.05, 0) is 38.3 Å². The van der Waals surface area contributed by atoms with Gasteiger partial charge in [0.1, 0.15) is 12.3 Å². The summed E-state index contributed by atoms with van der Waals surface area (Å²) in [7, 11) is 1.75. The van der Waals surface area contributed by atoms with Crippen LogP contribution in [0.4, 0.5) is 0 Å². The number of hydrogen-bond donors (Lipinski definition) is 2. The molecule has 0 spiro atoms. The molecule has 1 aliphatic rings. The van der Waals surface area contributed by atoms with Crippen LogP contribution < -0.4 is 10.6 Å². The first kappa shape index (κ1) is 21.1. The number of benzene rings is 1. The second-order valence-corrected chi connectivity index (χ2v) is 7.11. The van der Waals surface area contributed by atoms with Gasteiger partial charge < -0.3 is 20.3 Å². The lowest BCUT2D eigenvalue weighted by Crippen LogP contribution is -2.54. The van der Waals surface area contributed by atoms with Gasteiger partial charge in [0.05, 0.1) is 12.1 Å². The molecule has 27 heavy (non-hydrogen) atoms. The molecule has 6 heteroatoms. The third-order valence-corrected chi connectivity index (χ3v) is 5.15. The molecule has 148 valence electrons. The molecule has 2 amide bonds. The zero-order valence-electron chi connectivity index (χ0n) is 16.3. The Morgan fingerprint density at radius 1 is 1.26 bits per heavy atom. The summed E-state index contributed by atoms with van der Waals surface area (Å²) in [5.41, 5.74) is 1.06. The summed E-state index contributed by atoms with van der Waals surface area (Å²) in [5, 5.41) is 5.98. The predicted octanol–water partition coefficient (Wildman–Crippen LogP) is 1.68. The van der Waals surface area contributed by atoms with E-state index in [0.29, 0.717) is 25.8 Å². The molecule has 1 saturated heterocycles. The zero-order valence-corrected chi connectivity index (χ0v) is 16.3. The van der Waals surface area contributed by atoms with Crippen LogP contribution in [0.2, 0.25) is 0 Å². The average Bonchev–Trinajstić information content (AvgIpc) is 3.18. The highest BCUT2D eigenvalue weighted by molar-refractivity contribution is 5.91. The maximum Gasteiger partial charge on any atom is 0.245 e. The fourth-order valence-corrected chi connectivity index (χ4v) is 3.52. The minimum Gasteiger partial charge on any atom is -0.343 e. The van der Waals surface area contributed by atoms with E-state index in [9.17, 15) is 14.4 Å². The fraction of sp³-hybridized carbons (Fsp3) is 0.571. The first-order valence-corrected chi connectivity index (χ1v) is 9.88. The van der Waals surface area contributed by atoms with Gasteiger partial charge in [-0.1, -0.05) is 50.1 Å². The minimum absolute atomic E-state index is 0.138. The number of likely N-dealkylation sites (N-methyl/N-ethyl adjacent to an activating group) is 1. The topological polar surface area (TPSA) is 78.5 Å². The van der Waals surface area contributed by atoms with Crippen LogP contribution in [-0.4, -0.2) is 54.7 Å². The van der Waals surface area contributed by atoms with Crippen molar-refractivity contribution in [1.82, 2.24) is 15.5 Å². The van der Waals surface area contributed by atoms with Gasteiger partial charge in [0, 0.05) is 6.54 Å². The molecule has 1 aromatic rings. The van der Waals surface area contributed by atoms with Gasteiger partial charge in [-0.2, -0.15) is 0 Å². The van der Waals surface area contributed by atoms with Gasteiger partial charge in [-0.15, -0.1) is 0 Å². The lowest BCUT2D eigenvalue weighted by Gasteiger charge is -2.28. The second-order valence-electron chi connectivity index (χ2n) is 7.11. The smallest absolute Gasteiger partial charge is 0.245 e. The molecule has 2 rings (SSSR count). The Labute approximate surface area is 161 Å². The number of carbonyl (C=O) groups is 3. The molecule has 0 bridgehead atoms. The molecule has 0 saturated carbocycles. The van der Waals surface area contributed by atoms with Gasteiger partial charge in [-0.3, -0.25) is 9.59 Å². The predicted molar refractivity (Wildman–Crippen MR) is 105 cm³/mol. The SMILES string of the molecule is CCCC[C@H](NC(=O)[C@H](Cc1ccccc1)NC)C(=O)N1CCC[C@H]1C=O. The van der Waals surface area contributed by atoms with Crippen LogP contribution in [-0.2, 0) is 20.8 Å². The van der Waals surface area contributed by atoms with Gasteiger partial charge >= 0.3 is 0 Å². The van der Waals surface area contributed by atoms with Crippen molar-refractivity contribution in [1.29, 1.82) is 0 Å². The van der Waals surface area contributed by atoms with Crippen LogP contribution >= 0.6 is 0 Å². The summed E-state index contributed by atoms with van der Waals surface area (Å²) in [6, 6.07) is 8.45.